The summed E-state index contributed by atoms with van der Waals surface area (Å²) in [6.45, 7) is 0.453. The van der Waals surface area contributed by atoms with Gasteiger partial charge in [-0.15, -0.1) is 0 Å². The van der Waals surface area contributed by atoms with E-state index >= 15 is 0 Å². The average molecular weight is 265 g/mol. The first kappa shape index (κ1) is 13.5. The third kappa shape index (κ3) is 3.74. The first-order valence-corrected chi connectivity index (χ1v) is 6.09. The van der Waals surface area contributed by atoms with Gasteiger partial charge < -0.3 is 5.32 Å². The third-order valence-corrected chi connectivity index (χ3v) is 2.79. The van der Waals surface area contributed by atoms with E-state index < -0.39 is 17.5 Å². The molecule has 0 aliphatic rings. The molecule has 0 amide bonds. The van der Waals surface area contributed by atoms with Crippen LogP contribution in [0.1, 0.15) is 12.0 Å². The Morgan fingerprint density at radius 3 is 2.42 bits per heavy atom. The molecule has 1 N–H and O–H groups in total. The zero-order valence-corrected chi connectivity index (χ0v) is 10.3. The summed E-state index contributed by atoms with van der Waals surface area (Å²) in [5.41, 5.74) is 1.04. The van der Waals surface area contributed by atoms with Crippen molar-refractivity contribution in [2.75, 3.05) is 11.9 Å². The number of benzene rings is 2. The van der Waals surface area contributed by atoms with Crippen LogP contribution >= 0.6 is 0 Å². The maximum absolute atomic E-state index is 13.3. The summed E-state index contributed by atoms with van der Waals surface area (Å²) in [4.78, 5) is 0. The monoisotopic (exact) mass is 265 g/mol. The van der Waals surface area contributed by atoms with E-state index in [4.69, 9.17) is 0 Å². The molecule has 0 saturated heterocycles. The van der Waals surface area contributed by atoms with E-state index in [2.05, 4.69) is 5.32 Å². The van der Waals surface area contributed by atoms with Crippen LogP contribution in [0.4, 0.5) is 18.9 Å². The normalized spacial score (nSPS) is 10.5. The molecule has 0 unspecified atom stereocenters. The predicted molar refractivity (Wildman–Crippen MR) is 69.6 cm³/mol. The maximum Gasteiger partial charge on any atom is 0.182 e. The summed E-state index contributed by atoms with van der Waals surface area (Å²) in [5.74, 6) is -3.00. The van der Waals surface area contributed by atoms with Crippen LogP contribution in [0.5, 0.6) is 0 Å². The average Bonchev–Trinajstić information content (AvgIpc) is 2.41. The number of rotatable bonds is 5. The number of hydrogen-bond donors (Lipinski definition) is 1. The Balaban J connectivity index is 1.86. The van der Waals surface area contributed by atoms with Crippen LogP contribution in [0.25, 0.3) is 0 Å². The Labute approximate surface area is 110 Å². The summed E-state index contributed by atoms with van der Waals surface area (Å²) in [6, 6.07) is 11.3. The van der Waals surface area contributed by atoms with Gasteiger partial charge in [0.15, 0.2) is 11.6 Å². The van der Waals surface area contributed by atoms with E-state index in [1.165, 1.54) is 5.56 Å². The molecule has 0 fully saturated rings. The van der Waals surface area contributed by atoms with Crippen LogP contribution in [-0.4, -0.2) is 6.54 Å². The smallest absolute Gasteiger partial charge is 0.182 e. The minimum atomic E-state index is -1.18. The van der Waals surface area contributed by atoms with Crippen LogP contribution in [0.2, 0.25) is 0 Å². The molecule has 0 spiro atoms. The zero-order valence-electron chi connectivity index (χ0n) is 10.3. The van der Waals surface area contributed by atoms with Gasteiger partial charge in [0.25, 0.3) is 0 Å². The third-order valence-electron chi connectivity index (χ3n) is 2.79. The van der Waals surface area contributed by atoms with E-state index in [0.717, 1.165) is 18.9 Å². The Bertz CT molecular complexity index is 541. The Kier molecular flexibility index (Phi) is 4.44. The molecule has 2 rings (SSSR count). The molecule has 2 aromatic rings. The van der Waals surface area contributed by atoms with Gasteiger partial charge in [0.1, 0.15) is 5.82 Å². The van der Waals surface area contributed by atoms with Gasteiger partial charge in [-0.2, -0.15) is 0 Å². The predicted octanol–water partition coefficient (Wildman–Crippen LogP) is 4.15. The Hall–Kier alpha value is -1.97. The second-order valence-corrected chi connectivity index (χ2v) is 4.27. The number of anilines is 1. The molecule has 0 radical (unpaired) electrons. The molecule has 0 heterocycles. The fraction of sp³-hybridized carbons (Fsp3) is 0.200. The van der Waals surface area contributed by atoms with Gasteiger partial charge in [-0.25, -0.2) is 13.2 Å². The number of nitrogens with one attached hydrogen (secondary N) is 1. The molecule has 1 nitrogen and oxygen atoms in total. The molecular formula is C15H14F3N. The second-order valence-electron chi connectivity index (χ2n) is 4.27. The highest BCUT2D eigenvalue weighted by Gasteiger charge is 2.10. The van der Waals surface area contributed by atoms with Crippen molar-refractivity contribution in [2.24, 2.45) is 0 Å². The topological polar surface area (TPSA) is 12.0 Å². The van der Waals surface area contributed by atoms with Gasteiger partial charge in [-0.1, -0.05) is 30.3 Å². The van der Waals surface area contributed by atoms with E-state index in [1.807, 2.05) is 30.3 Å². The highest BCUT2D eigenvalue weighted by molar-refractivity contribution is 5.45. The highest BCUT2D eigenvalue weighted by atomic mass is 19.2. The molecule has 2 aromatic carbocycles. The minimum Gasteiger partial charge on any atom is -0.382 e. The largest absolute Gasteiger partial charge is 0.382 e. The van der Waals surface area contributed by atoms with Gasteiger partial charge in [0, 0.05) is 18.7 Å². The molecule has 100 valence electrons. The van der Waals surface area contributed by atoms with Gasteiger partial charge in [-0.3, -0.25) is 0 Å². The first-order chi connectivity index (χ1) is 9.16. The standard InChI is InChI=1S/C15H14F3N/c16-12-9-13(17)15(18)14(10-12)19-8-4-7-11-5-2-1-3-6-11/h1-3,5-6,9-10,19H,4,7-8H2. The fourth-order valence-electron chi connectivity index (χ4n) is 1.84. The second kappa shape index (κ2) is 6.27. The SMILES string of the molecule is Fc1cc(F)c(F)c(NCCCc2ccccc2)c1. The van der Waals surface area contributed by atoms with Gasteiger partial charge in [-0.05, 0) is 18.4 Å². The van der Waals surface area contributed by atoms with Crippen LogP contribution in [-0.2, 0) is 6.42 Å². The zero-order chi connectivity index (χ0) is 13.7. The van der Waals surface area contributed by atoms with Crippen LogP contribution in [0, 0.1) is 17.5 Å². The minimum absolute atomic E-state index is 0.134. The van der Waals surface area contributed by atoms with Crippen molar-refractivity contribution in [1.82, 2.24) is 0 Å². The van der Waals surface area contributed by atoms with E-state index in [0.29, 0.717) is 12.6 Å². The molecule has 0 bridgehead atoms. The molecule has 0 atom stereocenters. The van der Waals surface area contributed by atoms with E-state index in [9.17, 15) is 13.2 Å². The Morgan fingerprint density at radius 2 is 1.68 bits per heavy atom. The summed E-state index contributed by atoms with van der Waals surface area (Å²) in [7, 11) is 0. The van der Waals surface area contributed by atoms with Crippen LogP contribution in [0.3, 0.4) is 0 Å². The van der Waals surface area contributed by atoms with Crippen molar-refractivity contribution in [3.63, 3.8) is 0 Å². The molecule has 0 saturated carbocycles. The van der Waals surface area contributed by atoms with Crippen molar-refractivity contribution in [2.45, 2.75) is 12.8 Å². The van der Waals surface area contributed by atoms with Crippen molar-refractivity contribution in [3.8, 4) is 0 Å². The lowest BCUT2D eigenvalue weighted by molar-refractivity contribution is 0.497. The molecule has 0 aliphatic carbocycles. The van der Waals surface area contributed by atoms with Crippen LogP contribution in [0.15, 0.2) is 42.5 Å². The lowest BCUT2D eigenvalue weighted by Crippen LogP contribution is -2.06. The number of halogens is 3. The number of hydrogen-bond acceptors (Lipinski definition) is 1. The van der Waals surface area contributed by atoms with Gasteiger partial charge in [0.05, 0.1) is 5.69 Å². The van der Waals surface area contributed by atoms with Crippen LogP contribution < -0.4 is 5.32 Å². The lowest BCUT2D eigenvalue weighted by Gasteiger charge is -2.08. The van der Waals surface area contributed by atoms with Crippen molar-refractivity contribution in [1.29, 1.82) is 0 Å². The maximum atomic E-state index is 13.3. The highest BCUT2D eigenvalue weighted by Crippen LogP contribution is 2.19. The summed E-state index contributed by atoms with van der Waals surface area (Å²) in [5, 5.41) is 2.71. The molecule has 19 heavy (non-hydrogen) atoms. The fourth-order valence-corrected chi connectivity index (χ4v) is 1.84. The van der Waals surface area contributed by atoms with E-state index in [1.54, 1.807) is 0 Å². The molecule has 0 aliphatic heterocycles. The molecular weight excluding hydrogens is 251 g/mol. The quantitative estimate of drug-likeness (QED) is 0.632. The Morgan fingerprint density at radius 1 is 0.947 bits per heavy atom. The van der Waals surface area contributed by atoms with Gasteiger partial charge in [0.2, 0.25) is 0 Å². The summed E-state index contributed by atoms with van der Waals surface area (Å²) in [6.07, 6.45) is 1.58. The van der Waals surface area contributed by atoms with Crippen molar-refractivity contribution in [3.05, 3.63) is 65.5 Å². The van der Waals surface area contributed by atoms with Crippen molar-refractivity contribution >= 4 is 5.69 Å². The first-order valence-electron chi connectivity index (χ1n) is 6.09. The summed E-state index contributed by atoms with van der Waals surface area (Å²) >= 11 is 0. The summed E-state index contributed by atoms with van der Waals surface area (Å²) < 4.78 is 39.2. The molecule has 4 heteroatoms. The van der Waals surface area contributed by atoms with Crippen molar-refractivity contribution < 1.29 is 13.2 Å². The number of aryl methyl sites for hydroxylation is 1. The molecule has 0 aromatic heterocycles. The lowest BCUT2D eigenvalue weighted by atomic mass is 10.1. The van der Waals surface area contributed by atoms with Gasteiger partial charge >= 0.3 is 0 Å². The van der Waals surface area contributed by atoms with E-state index in [-0.39, 0.29) is 5.69 Å².